The Balaban J connectivity index is -0.000000464. The van der Waals surface area contributed by atoms with Crippen molar-refractivity contribution in [3.05, 3.63) is 12.2 Å². The molecule has 0 aliphatic heterocycles. The number of allylic oxidation sites excluding steroid dienone is 2. The summed E-state index contributed by atoms with van der Waals surface area (Å²) in [6.45, 7) is 4.98. The van der Waals surface area contributed by atoms with E-state index < -0.39 is 10.4 Å². The van der Waals surface area contributed by atoms with Gasteiger partial charge in [0.1, 0.15) is 0 Å². The van der Waals surface area contributed by atoms with Crippen LogP contribution in [-0.2, 0) is 19.9 Å². The number of carbonyl (C=O) groups is 1. The third-order valence-corrected chi connectivity index (χ3v) is 4.40. The Labute approximate surface area is 219 Å². The van der Waals surface area contributed by atoms with Gasteiger partial charge in [0, 0.05) is 6.42 Å². The van der Waals surface area contributed by atoms with Gasteiger partial charge in [-0.05, 0) is 38.5 Å². The zero-order chi connectivity index (χ0) is 22.2. The van der Waals surface area contributed by atoms with Gasteiger partial charge < -0.3 is 17.1 Å². The molecule has 0 spiro atoms. The Bertz CT molecular complexity index is 478. The second kappa shape index (κ2) is 30.4. The van der Waals surface area contributed by atoms with Crippen LogP contribution in [0.4, 0.5) is 0 Å². The predicted octanol–water partition coefficient (Wildman–Crippen LogP) is 0.722. The van der Waals surface area contributed by atoms with E-state index in [1.54, 1.807) is 0 Å². The largest absolute Gasteiger partial charge is 1.00 e. The Morgan fingerprint density at radius 2 is 1.13 bits per heavy atom. The third kappa shape index (κ3) is 48.8. The summed E-state index contributed by atoms with van der Waals surface area (Å²) in [5.74, 6) is -0.0129. The molecule has 0 aromatic carbocycles. The molecule has 0 unspecified atom stereocenters. The van der Waals surface area contributed by atoms with Gasteiger partial charge in [-0.15, -0.1) is 0 Å². The van der Waals surface area contributed by atoms with Crippen molar-refractivity contribution in [2.45, 2.75) is 117 Å². The summed E-state index contributed by atoms with van der Waals surface area (Å²) in [5.41, 5.74) is 0. The fourth-order valence-electron chi connectivity index (χ4n) is 2.74. The van der Waals surface area contributed by atoms with Crippen LogP contribution in [0.15, 0.2) is 12.2 Å². The van der Waals surface area contributed by atoms with Gasteiger partial charge in [-0.2, -0.15) is 8.42 Å². The van der Waals surface area contributed by atoms with Crippen LogP contribution in [0.5, 0.6) is 0 Å². The van der Waals surface area contributed by atoms with E-state index in [9.17, 15) is 4.79 Å². The Morgan fingerprint density at radius 1 is 0.742 bits per heavy atom. The van der Waals surface area contributed by atoms with Crippen LogP contribution in [0, 0.1) is 0 Å². The maximum atomic E-state index is 11.4. The summed E-state index contributed by atoms with van der Waals surface area (Å²) in [6, 6.07) is 0. The molecule has 0 saturated heterocycles. The molecule has 9 heteroatoms. The van der Waals surface area contributed by atoms with Crippen molar-refractivity contribution in [3.63, 3.8) is 0 Å². The summed E-state index contributed by atoms with van der Waals surface area (Å²) in [7, 11) is -4.67. The van der Waals surface area contributed by atoms with Crippen molar-refractivity contribution in [2.24, 2.45) is 0 Å². The molecule has 2 N–H and O–H groups in total. The molecule has 0 saturated carbocycles. The topological polar surface area (TPSA) is 101 Å². The molecule has 0 aromatic heterocycles. The van der Waals surface area contributed by atoms with Crippen LogP contribution >= 0.6 is 0 Å². The first kappa shape index (κ1) is 38.6. The van der Waals surface area contributed by atoms with Crippen molar-refractivity contribution in [1.82, 2.24) is 0 Å². The first-order chi connectivity index (χ1) is 13.8. The second-order valence-corrected chi connectivity index (χ2v) is 8.25. The standard InChI is InChI=1S/C22H42O2.ClH.Na.H2O4S/c1-3-5-7-8-9-10-11-12-13-14-15-16-17-18-19-20-22(23)24-21-6-4-2;;;1-5(2,3)4/h12-13H,3-11,14-21H2,1-2H3;1H;;(H2,1,2,3,4)/q;;+1;/p-1/b13-12-;;;. The number of hydrogen-bond acceptors (Lipinski definition) is 4. The number of hydrogen-bond donors (Lipinski definition) is 2. The molecule has 0 aliphatic carbocycles. The molecule has 6 nitrogen and oxygen atoms in total. The third-order valence-electron chi connectivity index (χ3n) is 4.40. The zero-order valence-electron chi connectivity index (χ0n) is 20.0. The van der Waals surface area contributed by atoms with Crippen LogP contribution in [0.1, 0.15) is 117 Å². The first-order valence-corrected chi connectivity index (χ1v) is 12.7. The molecule has 0 fully saturated rings. The summed E-state index contributed by atoms with van der Waals surface area (Å²) in [6.07, 6.45) is 24.1. The van der Waals surface area contributed by atoms with Crippen molar-refractivity contribution >= 4 is 16.4 Å². The van der Waals surface area contributed by atoms with Crippen LogP contribution in [0.25, 0.3) is 0 Å². The number of halogens is 1. The minimum absolute atomic E-state index is 0. The number of rotatable bonds is 18. The molecule has 0 bridgehead atoms. The van der Waals surface area contributed by atoms with Crippen LogP contribution in [0.3, 0.4) is 0 Å². The molecule has 0 rings (SSSR count). The van der Waals surface area contributed by atoms with Crippen molar-refractivity contribution < 1.29 is 69.0 Å². The molecular formula is C22H44ClNaO6S. The second-order valence-electron chi connectivity index (χ2n) is 7.36. The van der Waals surface area contributed by atoms with E-state index >= 15 is 0 Å². The minimum Gasteiger partial charge on any atom is -1.00 e. The Kier molecular flexibility index (Phi) is 37.8. The van der Waals surface area contributed by atoms with Crippen LogP contribution in [0.2, 0.25) is 0 Å². The van der Waals surface area contributed by atoms with Gasteiger partial charge in [-0.25, -0.2) is 0 Å². The first-order valence-electron chi connectivity index (χ1n) is 11.3. The average Bonchev–Trinajstić information content (AvgIpc) is 2.64. The van der Waals surface area contributed by atoms with Crippen molar-refractivity contribution in [1.29, 1.82) is 0 Å². The Hall–Kier alpha value is 0.370. The van der Waals surface area contributed by atoms with Gasteiger partial charge >= 0.3 is 45.9 Å². The smallest absolute Gasteiger partial charge is 1.00 e. The molecule has 182 valence electrons. The van der Waals surface area contributed by atoms with E-state index in [2.05, 4.69) is 26.0 Å². The van der Waals surface area contributed by atoms with E-state index in [0.29, 0.717) is 13.0 Å². The van der Waals surface area contributed by atoms with Gasteiger partial charge in [0.15, 0.2) is 0 Å². The molecule has 0 amide bonds. The molecule has 0 aromatic rings. The summed E-state index contributed by atoms with van der Waals surface area (Å²) in [4.78, 5) is 11.4. The van der Waals surface area contributed by atoms with Crippen molar-refractivity contribution in [2.75, 3.05) is 6.61 Å². The maximum Gasteiger partial charge on any atom is 1.00 e. The predicted molar refractivity (Wildman–Crippen MR) is 119 cm³/mol. The SMILES string of the molecule is CCCCCCCC/C=C\CCCCCCCC(=O)OCCCC.O=S(=O)(O)O.[Cl-].[Na+]. The van der Waals surface area contributed by atoms with E-state index in [-0.39, 0.29) is 47.9 Å². The number of esters is 1. The summed E-state index contributed by atoms with van der Waals surface area (Å²) >= 11 is 0. The molecule has 0 radical (unpaired) electrons. The summed E-state index contributed by atoms with van der Waals surface area (Å²) < 4.78 is 36.7. The fourth-order valence-corrected chi connectivity index (χ4v) is 2.74. The molecule has 0 atom stereocenters. The molecule has 0 aliphatic rings. The van der Waals surface area contributed by atoms with Gasteiger partial charge in [-0.3, -0.25) is 13.9 Å². The number of unbranched alkanes of at least 4 members (excludes halogenated alkanes) is 12. The van der Waals surface area contributed by atoms with Gasteiger partial charge in [-0.1, -0.05) is 83.8 Å². The van der Waals surface area contributed by atoms with E-state index in [1.807, 2.05) is 0 Å². The normalized spacial score (nSPS) is 10.6. The number of ether oxygens (including phenoxy) is 1. The van der Waals surface area contributed by atoms with Gasteiger partial charge in [0.25, 0.3) is 0 Å². The van der Waals surface area contributed by atoms with E-state index in [0.717, 1.165) is 25.7 Å². The van der Waals surface area contributed by atoms with E-state index in [1.165, 1.54) is 70.6 Å². The van der Waals surface area contributed by atoms with Gasteiger partial charge in [0.05, 0.1) is 6.61 Å². The van der Waals surface area contributed by atoms with Crippen LogP contribution in [-0.4, -0.2) is 30.1 Å². The fraction of sp³-hybridized carbons (Fsp3) is 0.864. The van der Waals surface area contributed by atoms with Crippen LogP contribution < -0.4 is 42.0 Å². The molecule has 0 heterocycles. The van der Waals surface area contributed by atoms with Gasteiger partial charge in [0.2, 0.25) is 0 Å². The quantitative estimate of drug-likeness (QED) is 0.0957. The minimum atomic E-state index is -4.67. The van der Waals surface area contributed by atoms with E-state index in [4.69, 9.17) is 22.3 Å². The average molecular weight is 495 g/mol. The zero-order valence-corrected chi connectivity index (χ0v) is 23.6. The molecular weight excluding hydrogens is 451 g/mol. The molecule has 31 heavy (non-hydrogen) atoms. The maximum absolute atomic E-state index is 11.4. The summed E-state index contributed by atoms with van der Waals surface area (Å²) in [5, 5.41) is 0. The Morgan fingerprint density at radius 3 is 1.58 bits per heavy atom. The number of carbonyl (C=O) groups excluding carboxylic acids is 1. The van der Waals surface area contributed by atoms with Crippen molar-refractivity contribution in [3.8, 4) is 0 Å². The monoisotopic (exact) mass is 494 g/mol.